The van der Waals surface area contributed by atoms with Gasteiger partial charge in [0.1, 0.15) is 0 Å². The fourth-order valence-corrected chi connectivity index (χ4v) is 0.804. The molecule has 1 aromatic rings. The van der Waals surface area contributed by atoms with Gasteiger partial charge in [0.15, 0.2) is 5.16 Å². The van der Waals surface area contributed by atoms with E-state index in [4.69, 9.17) is 5.11 Å². The Labute approximate surface area is 57.2 Å². The molecule has 48 valence electrons. The van der Waals surface area contributed by atoms with E-state index in [9.17, 15) is 0 Å². The van der Waals surface area contributed by atoms with Crippen molar-refractivity contribution >= 4 is 11.8 Å². The van der Waals surface area contributed by atoms with Gasteiger partial charge < -0.3 is 5.11 Å². The molecule has 0 saturated heterocycles. The molecule has 0 bridgehead atoms. The summed E-state index contributed by atoms with van der Waals surface area (Å²) in [6.45, 7) is 0. The normalized spacial score (nSPS) is 9.44. The highest BCUT2D eigenvalue weighted by atomic mass is 32.2. The summed E-state index contributed by atoms with van der Waals surface area (Å²) >= 11 is 1.21. The number of thioether (sulfide) groups is 1. The second-order valence-corrected chi connectivity index (χ2v) is 2.22. The Hall–Kier alpha value is -0.610. The summed E-state index contributed by atoms with van der Waals surface area (Å²) in [5.41, 5.74) is 0. The minimum atomic E-state index is 0.0318. The standard InChI is InChI=1S/C5H6N2OS/c8-4-9-5-6-2-1-3-7-5/h1-3,8H,4H2. The lowest BCUT2D eigenvalue weighted by Gasteiger charge is -1.90. The summed E-state index contributed by atoms with van der Waals surface area (Å²) in [6.07, 6.45) is 3.29. The largest absolute Gasteiger partial charge is 0.385 e. The van der Waals surface area contributed by atoms with Crippen LogP contribution in [0.15, 0.2) is 23.6 Å². The first kappa shape index (κ1) is 6.51. The molecule has 0 aliphatic heterocycles. The third kappa shape index (κ3) is 1.99. The summed E-state index contributed by atoms with van der Waals surface area (Å²) in [7, 11) is 0. The average Bonchev–Trinajstić information content (AvgIpc) is 1.91. The van der Waals surface area contributed by atoms with Crippen LogP contribution in [0.5, 0.6) is 0 Å². The molecule has 0 saturated carbocycles. The minimum Gasteiger partial charge on any atom is -0.385 e. The first-order valence-corrected chi connectivity index (χ1v) is 3.42. The molecule has 0 radical (unpaired) electrons. The Balaban J connectivity index is 2.61. The van der Waals surface area contributed by atoms with Crippen LogP contribution in [0.25, 0.3) is 0 Å². The Morgan fingerprint density at radius 2 is 2.11 bits per heavy atom. The van der Waals surface area contributed by atoms with Gasteiger partial charge in [-0.1, -0.05) is 11.8 Å². The van der Waals surface area contributed by atoms with Crippen LogP contribution in [0, 0.1) is 0 Å². The third-order valence-corrected chi connectivity index (χ3v) is 1.33. The molecule has 1 aromatic heterocycles. The van der Waals surface area contributed by atoms with Gasteiger partial charge in [-0.2, -0.15) is 0 Å². The molecule has 0 atom stereocenters. The number of hydrogen-bond acceptors (Lipinski definition) is 4. The lowest BCUT2D eigenvalue weighted by Crippen LogP contribution is -1.83. The van der Waals surface area contributed by atoms with E-state index in [1.54, 1.807) is 18.5 Å². The van der Waals surface area contributed by atoms with Gasteiger partial charge in [-0.15, -0.1) is 0 Å². The Morgan fingerprint density at radius 3 is 2.67 bits per heavy atom. The van der Waals surface area contributed by atoms with Crippen molar-refractivity contribution in [1.29, 1.82) is 0 Å². The van der Waals surface area contributed by atoms with Crippen LogP contribution in [-0.4, -0.2) is 21.0 Å². The van der Waals surface area contributed by atoms with E-state index in [2.05, 4.69) is 9.97 Å². The highest BCUT2D eigenvalue weighted by molar-refractivity contribution is 7.98. The average molecular weight is 142 g/mol. The van der Waals surface area contributed by atoms with Gasteiger partial charge in [0.2, 0.25) is 0 Å². The lowest BCUT2D eigenvalue weighted by molar-refractivity contribution is 0.375. The summed E-state index contributed by atoms with van der Waals surface area (Å²) < 4.78 is 0. The van der Waals surface area contributed by atoms with E-state index in [1.807, 2.05) is 0 Å². The van der Waals surface area contributed by atoms with Crippen molar-refractivity contribution in [2.24, 2.45) is 0 Å². The van der Waals surface area contributed by atoms with Gasteiger partial charge in [-0.3, -0.25) is 0 Å². The van der Waals surface area contributed by atoms with Gasteiger partial charge in [0.25, 0.3) is 0 Å². The summed E-state index contributed by atoms with van der Waals surface area (Å²) in [6, 6.07) is 1.74. The van der Waals surface area contributed by atoms with Gasteiger partial charge in [-0.25, -0.2) is 9.97 Å². The van der Waals surface area contributed by atoms with E-state index < -0.39 is 0 Å². The molecule has 9 heavy (non-hydrogen) atoms. The van der Waals surface area contributed by atoms with Gasteiger partial charge in [-0.05, 0) is 6.07 Å². The molecule has 0 spiro atoms. The zero-order valence-electron chi connectivity index (χ0n) is 4.69. The summed E-state index contributed by atoms with van der Waals surface area (Å²) in [4.78, 5) is 7.72. The van der Waals surface area contributed by atoms with Crippen LogP contribution in [0.4, 0.5) is 0 Å². The molecular weight excluding hydrogens is 136 g/mol. The molecule has 3 nitrogen and oxygen atoms in total. The SMILES string of the molecule is OCSc1ncccn1. The maximum atomic E-state index is 8.40. The van der Waals surface area contributed by atoms with E-state index in [1.165, 1.54) is 11.8 Å². The van der Waals surface area contributed by atoms with Crippen molar-refractivity contribution in [3.05, 3.63) is 18.5 Å². The van der Waals surface area contributed by atoms with E-state index in [0.29, 0.717) is 5.16 Å². The summed E-state index contributed by atoms with van der Waals surface area (Å²) in [5.74, 6) is 0.0318. The fourth-order valence-electron chi connectivity index (χ4n) is 0.418. The van der Waals surface area contributed by atoms with E-state index >= 15 is 0 Å². The molecule has 0 aliphatic rings. The Bertz CT molecular complexity index is 168. The lowest BCUT2D eigenvalue weighted by atomic mass is 10.7. The maximum Gasteiger partial charge on any atom is 0.189 e. The molecule has 1 N–H and O–H groups in total. The number of rotatable bonds is 2. The Morgan fingerprint density at radius 1 is 1.44 bits per heavy atom. The van der Waals surface area contributed by atoms with Crippen LogP contribution < -0.4 is 0 Å². The molecule has 0 fully saturated rings. The number of nitrogens with zero attached hydrogens (tertiary/aromatic N) is 2. The monoisotopic (exact) mass is 142 g/mol. The summed E-state index contributed by atoms with van der Waals surface area (Å²) in [5, 5.41) is 9.01. The second kappa shape index (κ2) is 3.42. The van der Waals surface area contributed by atoms with Gasteiger partial charge >= 0.3 is 0 Å². The minimum absolute atomic E-state index is 0.0318. The van der Waals surface area contributed by atoms with Gasteiger partial charge in [0, 0.05) is 12.4 Å². The van der Waals surface area contributed by atoms with Crippen molar-refractivity contribution in [2.45, 2.75) is 5.16 Å². The second-order valence-electron chi connectivity index (χ2n) is 1.30. The zero-order valence-corrected chi connectivity index (χ0v) is 5.51. The molecule has 0 amide bonds. The smallest absolute Gasteiger partial charge is 0.189 e. The van der Waals surface area contributed by atoms with E-state index in [-0.39, 0.29) is 5.94 Å². The molecule has 0 aliphatic carbocycles. The van der Waals surface area contributed by atoms with Crippen molar-refractivity contribution in [3.8, 4) is 0 Å². The fraction of sp³-hybridized carbons (Fsp3) is 0.200. The first-order chi connectivity index (χ1) is 4.43. The quantitative estimate of drug-likeness (QED) is 0.371. The van der Waals surface area contributed by atoms with Crippen molar-refractivity contribution in [1.82, 2.24) is 9.97 Å². The molecule has 4 heteroatoms. The molecule has 1 heterocycles. The van der Waals surface area contributed by atoms with Crippen LogP contribution in [0.3, 0.4) is 0 Å². The number of aliphatic hydroxyl groups is 1. The van der Waals surface area contributed by atoms with Crippen molar-refractivity contribution in [3.63, 3.8) is 0 Å². The predicted octanol–water partition coefficient (Wildman–Crippen LogP) is 0.518. The Kier molecular flexibility index (Phi) is 2.48. The van der Waals surface area contributed by atoms with Crippen LogP contribution in [-0.2, 0) is 0 Å². The van der Waals surface area contributed by atoms with Gasteiger partial charge in [0.05, 0.1) is 5.94 Å². The number of aliphatic hydroxyl groups excluding tert-OH is 1. The first-order valence-electron chi connectivity index (χ1n) is 2.44. The van der Waals surface area contributed by atoms with Crippen LogP contribution >= 0.6 is 11.8 Å². The van der Waals surface area contributed by atoms with Crippen molar-refractivity contribution in [2.75, 3.05) is 5.94 Å². The third-order valence-electron chi connectivity index (χ3n) is 0.736. The topological polar surface area (TPSA) is 46.0 Å². The molecule has 0 unspecified atom stereocenters. The van der Waals surface area contributed by atoms with Crippen LogP contribution in [0.1, 0.15) is 0 Å². The predicted molar refractivity (Wildman–Crippen MR) is 35.0 cm³/mol. The highest BCUT2D eigenvalue weighted by Crippen LogP contribution is 2.07. The highest BCUT2D eigenvalue weighted by Gasteiger charge is 1.89. The zero-order chi connectivity index (χ0) is 6.53. The van der Waals surface area contributed by atoms with E-state index in [0.717, 1.165) is 0 Å². The molecule has 1 rings (SSSR count). The number of hydrogen-bond donors (Lipinski definition) is 1. The molecule has 0 aromatic carbocycles. The van der Waals surface area contributed by atoms with Crippen molar-refractivity contribution < 1.29 is 5.11 Å². The number of aromatic nitrogens is 2. The maximum absolute atomic E-state index is 8.40. The molecular formula is C5H6N2OS. The van der Waals surface area contributed by atoms with Crippen LogP contribution in [0.2, 0.25) is 0 Å².